The lowest BCUT2D eigenvalue weighted by Gasteiger charge is -2.37. The number of halogens is 2. The fourth-order valence-corrected chi connectivity index (χ4v) is 5.18. The summed E-state index contributed by atoms with van der Waals surface area (Å²) in [6, 6.07) is 9.08. The van der Waals surface area contributed by atoms with E-state index in [2.05, 4.69) is 15.5 Å². The van der Waals surface area contributed by atoms with Gasteiger partial charge in [-0.05, 0) is 49.7 Å². The molecule has 2 heterocycles. The molecule has 7 heteroatoms. The van der Waals surface area contributed by atoms with E-state index in [4.69, 9.17) is 0 Å². The van der Waals surface area contributed by atoms with Crippen molar-refractivity contribution in [1.82, 2.24) is 13.2 Å². The summed E-state index contributed by atoms with van der Waals surface area (Å²) >= 11 is 1.68. The number of aromatic nitrogens is 1. The first-order valence-electron chi connectivity index (χ1n) is 9.64. The number of hydrogen-bond donors (Lipinski definition) is 1. The van der Waals surface area contributed by atoms with E-state index in [9.17, 15) is 13.9 Å². The van der Waals surface area contributed by atoms with Crippen LogP contribution in [0.3, 0.4) is 0 Å². The summed E-state index contributed by atoms with van der Waals surface area (Å²) in [6.07, 6.45) is 1.07. The van der Waals surface area contributed by atoms with Crippen molar-refractivity contribution in [3.63, 3.8) is 0 Å². The molecule has 2 aromatic carbocycles. The molecule has 28 heavy (non-hydrogen) atoms. The van der Waals surface area contributed by atoms with Crippen LogP contribution in [0.15, 0.2) is 36.4 Å². The number of fused-ring (bicyclic) bond motifs is 3. The molecule has 3 aromatic rings. The number of benzene rings is 2. The van der Waals surface area contributed by atoms with Crippen LogP contribution in [0.5, 0.6) is 0 Å². The minimum atomic E-state index is -0.995. The van der Waals surface area contributed by atoms with Crippen molar-refractivity contribution < 1.29 is 13.9 Å². The van der Waals surface area contributed by atoms with Gasteiger partial charge in [0, 0.05) is 60.1 Å². The van der Waals surface area contributed by atoms with Crippen LogP contribution in [0.25, 0.3) is 21.8 Å². The Morgan fingerprint density at radius 3 is 2.11 bits per heavy atom. The van der Waals surface area contributed by atoms with Gasteiger partial charge in [-0.2, -0.15) is 0 Å². The van der Waals surface area contributed by atoms with E-state index >= 15 is 0 Å². The molecular weight excluding hydrogens is 380 g/mol. The Morgan fingerprint density at radius 2 is 1.54 bits per heavy atom. The van der Waals surface area contributed by atoms with Crippen LogP contribution < -0.4 is 0 Å². The number of β-amino-alcohol motifs (C(OH)–C–C–N with tert-alkyl or cyclic N) is 1. The van der Waals surface area contributed by atoms with Crippen molar-refractivity contribution in [1.29, 1.82) is 0 Å². The summed E-state index contributed by atoms with van der Waals surface area (Å²) < 4.78 is 34.1. The molecule has 1 N–H and O–H groups in total. The van der Waals surface area contributed by atoms with Crippen LogP contribution in [0.2, 0.25) is 0 Å². The SMILES string of the molecule is CCN1CCCN(CC(C)(O)Cn2c3ccc(F)cc3c3cc(F)ccc32)S1. The Hall–Kier alpha value is -1.67. The van der Waals surface area contributed by atoms with Gasteiger partial charge in [0.15, 0.2) is 0 Å². The normalized spacial score (nSPS) is 18.8. The van der Waals surface area contributed by atoms with Gasteiger partial charge in [-0.25, -0.2) is 17.4 Å². The summed E-state index contributed by atoms with van der Waals surface area (Å²) in [5.74, 6) is -0.709. The highest BCUT2D eigenvalue weighted by molar-refractivity contribution is 7.94. The summed E-state index contributed by atoms with van der Waals surface area (Å²) in [6.45, 7) is 7.76. The van der Waals surface area contributed by atoms with Crippen molar-refractivity contribution in [3.8, 4) is 0 Å². The highest BCUT2D eigenvalue weighted by Gasteiger charge is 2.29. The van der Waals surface area contributed by atoms with E-state index in [0.29, 0.717) is 23.9 Å². The van der Waals surface area contributed by atoms with E-state index in [1.807, 2.05) is 11.5 Å². The molecular formula is C21H25F2N3OS. The number of nitrogens with zero attached hydrogens (tertiary/aromatic N) is 3. The molecule has 0 radical (unpaired) electrons. The third-order valence-corrected chi connectivity index (χ3v) is 6.42. The van der Waals surface area contributed by atoms with Gasteiger partial charge in [0.2, 0.25) is 0 Å². The van der Waals surface area contributed by atoms with Gasteiger partial charge in [-0.1, -0.05) is 6.92 Å². The van der Waals surface area contributed by atoms with Gasteiger partial charge < -0.3 is 9.67 Å². The smallest absolute Gasteiger partial charge is 0.123 e. The van der Waals surface area contributed by atoms with Gasteiger partial charge in [0.25, 0.3) is 0 Å². The Balaban J connectivity index is 1.68. The Bertz CT molecular complexity index is 945. The zero-order valence-corrected chi connectivity index (χ0v) is 17.0. The van der Waals surface area contributed by atoms with Gasteiger partial charge in [0.1, 0.15) is 11.6 Å². The number of aliphatic hydroxyl groups is 1. The highest BCUT2D eigenvalue weighted by Crippen LogP contribution is 2.32. The lowest BCUT2D eigenvalue weighted by molar-refractivity contribution is 0.0259. The fourth-order valence-electron chi connectivity index (χ4n) is 3.98. The average Bonchev–Trinajstić information content (AvgIpc) is 2.93. The third kappa shape index (κ3) is 3.89. The fraction of sp³-hybridized carbons (Fsp3) is 0.429. The lowest BCUT2D eigenvalue weighted by Crippen LogP contribution is -2.45. The van der Waals surface area contributed by atoms with E-state index in [0.717, 1.165) is 37.1 Å². The standard InChI is InChI=1S/C21H25F2N3OS/c1-3-24-9-4-10-25(28-24)13-21(2,27)14-26-19-7-5-15(22)11-17(19)18-12-16(23)6-8-20(18)26/h5-8,11-12,27H,3-4,9-10,13-14H2,1-2H3. The van der Waals surface area contributed by atoms with E-state index < -0.39 is 5.60 Å². The molecule has 150 valence electrons. The first kappa shape index (κ1) is 19.6. The molecule has 1 fully saturated rings. The molecule has 0 amide bonds. The zero-order valence-electron chi connectivity index (χ0n) is 16.2. The molecule has 0 spiro atoms. The average molecular weight is 406 g/mol. The zero-order chi connectivity index (χ0) is 19.9. The van der Waals surface area contributed by atoms with E-state index in [-0.39, 0.29) is 11.6 Å². The predicted octanol–water partition coefficient (Wildman–Crippen LogP) is 4.41. The predicted molar refractivity (Wildman–Crippen MR) is 111 cm³/mol. The van der Waals surface area contributed by atoms with Crippen LogP contribution in [0.4, 0.5) is 8.78 Å². The monoisotopic (exact) mass is 405 g/mol. The molecule has 1 aliphatic heterocycles. The van der Waals surface area contributed by atoms with Crippen molar-refractivity contribution in [2.24, 2.45) is 0 Å². The highest BCUT2D eigenvalue weighted by atomic mass is 32.2. The maximum atomic E-state index is 13.8. The van der Waals surface area contributed by atoms with Crippen LogP contribution in [0.1, 0.15) is 20.3 Å². The minimum absolute atomic E-state index is 0.341. The summed E-state index contributed by atoms with van der Waals surface area (Å²) in [5.41, 5.74) is 0.596. The first-order chi connectivity index (χ1) is 13.4. The topological polar surface area (TPSA) is 31.6 Å². The Kier molecular flexibility index (Phi) is 5.35. The van der Waals surface area contributed by atoms with Crippen molar-refractivity contribution >= 4 is 33.9 Å². The number of rotatable bonds is 5. The molecule has 1 aliphatic rings. The van der Waals surface area contributed by atoms with Crippen LogP contribution in [-0.2, 0) is 6.54 Å². The van der Waals surface area contributed by atoms with Crippen molar-refractivity contribution in [2.45, 2.75) is 32.4 Å². The third-order valence-electron chi connectivity index (χ3n) is 5.20. The summed E-state index contributed by atoms with van der Waals surface area (Å²) in [7, 11) is 0. The van der Waals surface area contributed by atoms with E-state index in [1.54, 1.807) is 24.3 Å². The second kappa shape index (κ2) is 7.63. The van der Waals surface area contributed by atoms with Gasteiger partial charge in [0.05, 0.1) is 12.1 Å². The van der Waals surface area contributed by atoms with Crippen molar-refractivity contribution in [3.05, 3.63) is 48.0 Å². The molecule has 4 rings (SSSR count). The van der Waals surface area contributed by atoms with E-state index in [1.165, 1.54) is 24.3 Å². The van der Waals surface area contributed by atoms with Crippen LogP contribution in [0, 0.1) is 11.6 Å². The molecule has 0 aliphatic carbocycles. The second-order valence-corrected chi connectivity index (χ2v) is 8.92. The molecule has 1 saturated heterocycles. The Labute approximate surface area is 168 Å². The van der Waals surface area contributed by atoms with Crippen molar-refractivity contribution in [2.75, 3.05) is 26.2 Å². The summed E-state index contributed by atoms with van der Waals surface area (Å²) in [5, 5.41) is 12.5. The summed E-state index contributed by atoms with van der Waals surface area (Å²) in [4.78, 5) is 0. The molecule has 4 nitrogen and oxygen atoms in total. The Morgan fingerprint density at radius 1 is 0.964 bits per heavy atom. The molecule has 1 atom stereocenters. The van der Waals surface area contributed by atoms with Gasteiger partial charge >= 0.3 is 0 Å². The number of hydrogen-bond acceptors (Lipinski definition) is 4. The van der Waals surface area contributed by atoms with Crippen LogP contribution >= 0.6 is 12.1 Å². The maximum Gasteiger partial charge on any atom is 0.123 e. The molecule has 1 unspecified atom stereocenters. The van der Waals surface area contributed by atoms with Gasteiger partial charge in [-0.15, -0.1) is 0 Å². The quantitative estimate of drug-likeness (QED) is 0.637. The molecule has 0 bridgehead atoms. The van der Waals surface area contributed by atoms with Crippen LogP contribution in [-0.4, -0.2) is 50.1 Å². The molecule has 1 aromatic heterocycles. The largest absolute Gasteiger partial charge is 0.387 e. The van der Waals surface area contributed by atoms with Gasteiger partial charge in [-0.3, -0.25) is 0 Å². The maximum absolute atomic E-state index is 13.8. The lowest BCUT2D eigenvalue weighted by atomic mass is 10.1. The minimum Gasteiger partial charge on any atom is -0.387 e. The second-order valence-electron chi connectivity index (χ2n) is 7.73. The molecule has 0 saturated carbocycles. The first-order valence-corrected chi connectivity index (χ1v) is 10.4.